The summed E-state index contributed by atoms with van der Waals surface area (Å²) in [5.74, 6) is 0.670. The van der Waals surface area contributed by atoms with Gasteiger partial charge in [-0.05, 0) is 65.3 Å². The van der Waals surface area contributed by atoms with Gasteiger partial charge in [0.2, 0.25) is 4.80 Å². The molecule has 0 saturated heterocycles. The van der Waals surface area contributed by atoms with Gasteiger partial charge in [-0.1, -0.05) is 29.8 Å². The summed E-state index contributed by atoms with van der Waals surface area (Å²) < 4.78 is 17.8. The normalized spacial score (nSPS) is 12.4. The van der Waals surface area contributed by atoms with Gasteiger partial charge in [0.1, 0.15) is 5.60 Å². The van der Waals surface area contributed by atoms with Crippen molar-refractivity contribution in [3.8, 4) is 22.8 Å². The Bertz CT molecular complexity index is 1230. The number of methoxy groups -OCH3 is 1. The molecule has 34 heavy (non-hydrogen) atoms. The molecule has 0 fully saturated rings. The van der Waals surface area contributed by atoms with Gasteiger partial charge in [0.25, 0.3) is 0 Å². The number of hydrogen-bond acceptors (Lipinski definition) is 7. The zero-order chi connectivity index (χ0) is 24.9. The largest absolute Gasteiger partial charge is 0.514 e. The Balaban J connectivity index is 1.93. The average molecular weight is 482 g/mol. The molecule has 2 aromatic carbocycles. The van der Waals surface area contributed by atoms with Crippen LogP contribution in [0.1, 0.15) is 45.7 Å². The van der Waals surface area contributed by atoms with Crippen LogP contribution in [0.25, 0.3) is 11.3 Å². The molecule has 3 aromatic rings. The summed E-state index contributed by atoms with van der Waals surface area (Å²) >= 11 is 1.55. The maximum absolute atomic E-state index is 12.0. The van der Waals surface area contributed by atoms with Crippen LogP contribution in [-0.4, -0.2) is 35.8 Å². The number of rotatable bonds is 6. The molecule has 0 aliphatic heterocycles. The van der Waals surface area contributed by atoms with Gasteiger partial charge in [0, 0.05) is 17.0 Å². The van der Waals surface area contributed by atoms with Crippen molar-refractivity contribution in [3.63, 3.8) is 0 Å². The first-order valence-electron chi connectivity index (χ1n) is 11.0. The van der Waals surface area contributed by atoms with E-state index < -0.39 is 11.8 Å². The van der Waals surface area contributed by atoms with Gasteiger partial charge in [0.05, 0.1) is 19.0 Å². The summed E-state index contributed by atoms with van der Waals surface area (Å²) in [4.78, 5) is 17.6. The summed E-state index contributed by atoms with van der Waals surface area (Å²) in [5, 5.41) is 6.78. The van der Waals surface area contributed by atoms with Crippen LogP contribution in [0, 0.1) is 6.92 Å². The molecule has 8 heteroatoms. The number of benzene rings is 2. The molecule has 0 amide bonds. The standard InChI is InChI=1S/C26H31N3O4S/c1-17(2)28-24-29(21(16-34-24)20-11-8-18(3)9-12-20)27-15-19-10-13-22(23(14-19)31-7)32-25(30)33-26(4,5)6/h8-17H,1-7H3. The van der Waals surface area contributed by atoms with E-state index >= 15 is 0 Å². The molecule has 0 atom stereocenters. The van der Waals surface area contributed by atoms with E-state index in [1.54, 1.807) is 56.5 Å². The third-order valence-electron chi connectivity index (χ3n) is 4.49. The van der Waals surface area contributed by atoms with E-state index in [9.17, 15) is 4.79 Å². The van der Waals surface area contributed by atoms with Crippen molar-refractivity contribution in [3.05, 3.63) is 63.8 Å². The maximum atomic E-state index is 12.0. The fraction of sp³-hybridized carbons (Fsp3) is 0.346. The molecule has 180 valence electrons. The van der Waals surface area contributed by atoms with E-state index in [4.69, 9.17) is 24.3 Å². The number of aromatic nitrogens is 1. The van der Waals surface area contributed by atoms with Crippen LogP contribution in [0.4, 0.5) is 4.79 Å². The molecule has 0 aliphatic carbocycles. The van der Waals surface area contributed by atoms with Crippen LogP contribution in [0.15, 0.2) is 57.9 Å². The van der Waals surface area contributed by atoms with Crippen molar-refractivity contribution in [2.75, 3.05) is 7.11 Å². The predicted molar refractivity (Wildman–Crippen MR) is 136 cm³/mol. The van der Waals surface area contributed by atoms with E-state index in [-0.39, 0.29) is 11.8 Å². The van der Waals surface area contributed by atoms with Gasteiger partial charge >= 0.3 is 6.16 Å². The lowest BCUT2D eigenvalue weighted by Gasteiger charge is -2.19. The molecule has 0 radical (unpaired) electrons. The molecule has 0 bridgehead atoms. The van der Waals surface area contributed by atoms with Crippen molar-refractivity contribution in [2.45, 2.75) is 53.2 Å². The number of aryl methyl sites for hydroxylation is 1. The lowest BCUT2D eigenvalue weighted by Crippen LogP contribution is -2.26. The lowest BCUT2D eigenvalue weighted by molar-refractivity contribution is 0.0201. The quantitative estimate of drug-likeness (QED) is 0.244. The number of carbonyl (C=O) groups is 1. The Hall–Kier alpha value is -3.39. The minimum Gasteiger partial charge on any atom is -0.493 e. The number of nitrogens with zero attached hydrogens (tertiary/aromatic N) is 3. The third kappa shape index (κ3) is 6.81. The lowest BCUT2D eigenvalue weighted by atomic mass is 10.1. The van der Waals surface area contributed by atoms with Crippen molar-refractivity contribution in [1.82, 2.24) is 4.68 Å². The van der Waals surface area contributed by atoms with E-state index in [0.29, 0.717) is 5.75 Å². The fourth-order valence-corrected chi connectivity index (χ4v) is 3.95. The monoisotopic (exact) mass is 481 g/mol. The minimum absolute atomic E-state index is 0.135. The summed E-state index contributed by atoms with van der Waals surface area (Å²) in [5.41, 5.74) is 3.34. The number of thiazole rings is 1. The van der Waals surface area contributed by atoms with E-state index in [1.165, 1.54) is 12.7 Å². The third-order valence-corrected chi connectivity index (χ3v) is 5.32. The van der Waals surface area contributed by atoms with Crippen LogP contribution >= 0.6 is 11.3 Å². The number of ether oxygens (including phenoxy) is 3. The zero-order valence-corrected chi connectivity index (χ0v) is 21.5. The summed E-state index contributed by atoms with van der Waals surface area (Å²) in [7, 11) is 1.51. The SMILES string of the molecule is COc1cc(C=Nn2c(-c3ccc(C)cc3)csc2=NC(C)C)ccc1OC(=O)OC(C)(C)C. The predicted octanol–water partition coefficient (Wildman–Crippen LogP) is 6.04. The van der Waals surface area contributed by atoms with Gasteiger partial charge in [-0.15, -0.1) is 11.3 Å². The maximum Gasteiger partial charge on any atom is 0.514 e. The Kier molecular flexibility index (Phi) is 7.94. The zero-order valence-electron chi connectivity index (χ0n) is 20.7. The van der Waals surface area contributed by atoms with Crippen LogP contribution in [0.3, 0.4) is 0 Å². The number of carbonyl (C=O) groups excluding carboxylic acids is 1. The Labute approximate surface area is 204 Å². The van der Waals surface area contributed by atoms with Gasteiger partial charge in [-0.3, -0.25) is 4.99 Å². The summed E-state index contributed by atoms with van der Waals surface area (Å²) in [6, 6.07) is 13.6. The highest BCUT2D eigenvalue weighted by molar-refractivity contribution is 7.07. The second-order valence-corrected chi connectivity index (χ2v) is 9.86. The molecule has 3 rings (SSSR count). The number of hydrogen-bond donors (Lipinski definition) is 0. The van der Waals surface area contributed by atoms with Crippen molar-refractivity contribution >= 4 is 23.7 Å². The molecule has 1 heterocycles. The second-order valence-electron chi connectivity index (χ2n) is 9.03. The van der Waals surface area contributed by atoms with Gasteiger partial charge < -0.3 is 14.2 Å². The molecule has 0 N–H and O–H groups in total. The minimum atomic E-state index is -0.788. The summed E-state index contributed by atoms with van der Waals surface area (Å²) in [6.45, 7) is 11.5. The van der Waals surface area contributed by atoms with Crippen LogP contribution in [0.5, 0.6) is 11.5 Å². The van der Waals surface area contributed by atoms with Gasteiger partial charge in [-0.25, -0.2) is 9.47 Å². The van der Waals surface area contributed by atoms with E-state index in [0.717, 1.165) is 21.6 Å². The van der Waals surface area contributed by atoms with Crippen molar-refractivity contribution in [1.29, 1.82) is 0 Å². The molecule has 7 nitrogen and oxygen atoms in total. The highest BCUT2D eigenvalue weighted by Gasteiger charge is 2.19. The van der Waals surface area contributed by atoms with Gasteiger partial charge in [-0.2, -0.15) is 5.10 Å². The molecule has 0 aliphatic rings. The van der Waals surface area contributed by atoms with Crippen LogP contribution in [-0.2, 0) is 4.74 Å². The Morgan fingerprint density at radius 2 is 1.79 bits per heavy atom. The molecular weight excluding hydrogens is 450 g/mol. The first-order chi connectivity index (χ1) is 16.1. The van der Waals surface area contributed by atoms with Crippen molar-refractivity contribution in [2.24, 2.45) is 10.1 Å². The van der Waals surface area contributed by atoms with Crippen LogP contribution < -0.4 is 14.3 Å². The highest BCUT2D eigenvalue weighted by Crippen LogP contribution is 2.28. The molecular formula is C26H31N3O4S. The molecule has 0 unspecified atom stereocenters. The fourth-order valence-electron chi connectivity index (χ4n) is 2.98. The van der Waals surface area contributed by atoms with Gasteiger partial charge in [0.15, 0.2) is 11.5 Å². The van der Waals surface area contributed by atoms with E-state index in [1.807, 2.05) is 18.5 Å². The average Bonchev–Trinajstić information content (AvgIpc) is 3.13. The Morgan fingerprint density at radius 1 is 1.09 bits per heavy atom. The first-order valence-corrected chi connectivity index (χ1v) is 11.9. The first kappa shape index (κ1) is 25.2. The molecule has 0 spiro atoms. The summed E-state index contributed by atoms with van der Waals surface area (Å²) in [6.07, 6.45) is 0.938. The molecule has 0 saturated carbocycles. The topological polar surface area (TPSA) is 74.4 Å². The van der Waals surface area contributed by atoms with E-state index in [2.05, 4.69) is 36.6 Å². The Morgan fingerprint density at radius 3 is 2.41 bits per heavy atom. The molecule has 1 aromatic heterocycles. The smallest absolute Gasteiger partial charge is 0.493 e. The second kappa shape index (κ2) is 10.7. The highest BCUT2D eigenvalue weighted by atomic mass is 32.1. The van der Waals surface area contributed by atoms with Crippen molar-refractivity contribution < 1.29 is 19.0 Å². The van der Waals surface area contributed by atoms with Crippen LogP contribution in [0.2, 0.25) is 0 Å².